The van der Waals surface area contributed by atoms with Gasteiger partial charge in [-0.25, -0.2) is 8.42 Å². The number of fused-ring (bicyclic) bond motifs is 1. The van der Waals surface area contributed by atoms with Gasteiger partial charge in [0, 0.05) is 12.1 Å². The van der Waals surface area contributed by atoms with E-state index in [0.29, 0.717) is 29.2 Å². The molecule has 0 saturated heterocycles. The van der Waals surface area contributed by atoms with Crippen molar-refractivity contribution in [3.63, 3.8) is 0 Å². The van der Waals surface area contributed by atoms with Crippen molar-refractivity contribution in [2.24, 2.45) is 0 Å². The molecular formula is C16H21N3O2S. The van der Waals surface area contributed by atoms with Crippen LogP contribution in [0.15, 0.2) is 29.2 Å². The Kier molecular flexibility index (Phi) is 3.41. The summed E-state index contributed by atoms with van der Waals surface area (Å²) in [6, 6.07) is 8.04. The van der Waals surface area contributed by atoms with Gasteiger partial charge in [0.1, 0.15) is 4.90 Å². The van der Waals surface area contributed by atoms with Crippen molar-refractivity contribution in [2.75, 3.05) is 0 Å². The molecule has 0 aliphatic carbocycles. The smallest absolute Gasteiger partial charge is 0.247 e. The first-order valence-corrected chi connectivity index (χ1v) is 8.79. The number of nitrogens with zero attached hydrogens (tertiary/aromatic N) is 2. The Morgan fingerprint density at radius 3 is 2.41 bits per heavy atom. The van der Waals surface area contributed by atoms with Crippen molar-refractivity contribution in [1.29, 1.82) is 0 Å². The highest BCUT2D eigenvalue weighted by Crippen LogP contribution is 2.36. The molecule has 0 amide bonds. The van der Waals surface area contributed by atoms with Crippen LogP contribution < -0.4 is 0 Å². The van der Waals surface area contributed by atoms with Crippen LogP contribution in [-0.2, 0) is 23.0 Å². The van der Waals surface area contributed by atoms with Crippen LogP contribution >= 0.6 is 0 Å². The summed E-state index contributed by atoms with van der Waals surface area (Å²) >= 11 is 0. The van der Waals surface area contributed by atoms with Crippen LogP contribution in [0, 0.1) is 13.8 Å². The first kappa shape index (κ1) is 15.2. The second-order valence-corrected chi connectivity index (χ2v) is 8.33. The Morgan fingerprint density at radius 2 is 1.82 bits per heavy atom. The zero-order chi connectivity index (χ0) is 16.1. The number of benzene rings is 1. The summed E-state index contributed by atoms with van der Waals surface area (Å²) < 4.78 is 28.0. The molecule has 0 radical (unpaired) electrons. The van der Waals surface area contributed by atoms with E-state index in [0.717, 1.165) is 5.56 Å². The lowest BCUT2D eigenvalue weighted by Crippen LogP contribution is -2.51. The number of rotatable bonds is 2. The number of sulfonamides is 1. The number of aryl methyl sites for hydroxylation is 2. The number of nitrogens with one attached hydrogen (secondary N) is 1. The molecule has 2 aromatic rings. The number of H-pyrrole nitrogens is 1. The molecular weight excluding hydrogens is 298 g/mol. The molecule has 0 bridgehead atoms. The third-order valence-corrected chi connectivity index (χ3v) is 6.66. The number of hydrogen-bond acceptors (Lipinski definition) is 3. The predicted octanol–water partition coefficient (Wildman–Crippen LogP) is 2.55. The molecule has 1 aromatic heterocycles. The molecule has 1 aromatic carbocycles. The average molecular weight is 319 g/mol. The second-order valence-electron chi connectivity index (χ2n) is 6.53. The maximum absolute atomic E-state index is 13.2. The van der Waals surface area contributed by atoms with Gasteiger partial charge in [-0.15, -0.1) is 0 Å². The Hall–Kier alpha value is -1.66. The third kappa shape index (κ3) is 2.27. The Morgan fingerprint density at radius 1 is 1.18 bits per heavy atom. The highest BCUT2D eigenvalue weighted by molar-refractivity contribution is 7.89. The third-order valence-electron chi connectivity index (χ3n) is 4.34. The lowest BCUT2D eigenvalue weighted by molar-refractivity contribution is 0.202. The first-order valence-electron chi connectivity index (χ1n) is 7.35. The largest absolute Gasteiger partial charge is 0.281 e. The molecule has 5 nitrogen and oxygen atoms in total. The zero-order valence-corrected chi connectivity index (χ0v) is 14.2. The molecule has 0 saturated carbocycles. The van der Waals surface area contributed by atoms with E-state index in [2.05, 4.69) is 16.3 Å². The summed E-state index contributed by atoms with van der Waals surface area (Å²) in [5, 5.41) is 6.81. The lowest BCUT2D eigenvalue weighted by atomic mass is 9.88. The molecule has 22 heavy (non-hydrogen) atoms. The fraction of sp³-hybridized carbons (Fsp3) is 0.438. The van der Waals surface area contributed by atoms with E-state index < -0.39 is 15.6 Å². The van der Waals surface area contributed by atoms with Crippen molar-refractivity contribution >= 4 is 10.0 Å². The molecule has 1 aliphatic rings. The molecule has 1 N–H and O–H groups in total. The quantitative estimate of drug-likeness (QED) is 0.925. The average Bonchev–Trinajstić information content (AvgIpc) is 2.76. The molecule has 0 spiro atoms. The molecule has 2 heterocycles. The van der Waals surface area contributed by atoms with E-state index in [1.54, 1.807) is 18.2 Å². The second kappa shape index (κ2) is 4.93. The molecule has 0 atom stereocenters. The number of aromatic nitrogens is 2. The van der Waals surface area contributed by atoms with E-state index in [1.165, 1.54) is 5.56 Å². The fourth-order valence-electron chi connectivity index (χ4n) is 3.25. The van der Waals surface area contributed by atoms with E-state index in [4.69, 9.17) is 0 Å². The minimum Gasteiger partial charge on any atom is -0.281 e. The Labute approximate surface area is 131 Å². The number of hydrogen-bond donors (Lipinski definition) is 1. The minimum absolute atomic E-state index is 0.306. The molecule has 0 unspecified atom stereocenters. The Bertz CT molecular complexity index is 802. The number of aromatic amines is 1. The van der Waals surface area contributed by atoms with Gasteiger partial charge in [0.15, 0.2) is 0 Å². The summed E-state index contributed by atoms with van der Waals surface area (Å²) in [5.74, 6) is 0. The maximum atomic E-state index is 13.2. The highest BCUT2D eigenvalue weighted by Gasteiger charge is 2.42. The van der Waals surface area contributed by atoms with Crippen molar-refractivity contribution in [2.45, 2.75) is 51.1 Å². The van der Waals surface area contributed by atoms with Gasteiger partial charge in [-0.1, -0.05) is 24.3 Å². The fourth-order valence-corrected chi connectivity index (χ4v) is 5.34. The van der Waals surface area contributed by atoms with Crippen molar-refractivity contribution in [3.8, 4) is 0 Å². The normalized spacial score (nSPS) is 18.2. The maximum Gasteiger partial charge on any atom is 0.247 e. The SMILES string of the molecule is Cc1n[nH]c(C)c1S(=O)(=O)N1Cc2ccccc2CC1(C)C. The topological polar surface area (TPSA) is 66.1 Å². The first-order chi connectivity index (χ1) is 10.2. The highest BCUT2D eigenvalue weighted by atomic mass is 32.2. The van der Waals surface area contributed by atoms with Crippen LogP contribution in [0.5, 0.6) is 0 Å². The zero-order valence-electron chi connectivity index (χ0n) is 13.3. The predicted molar refractivity (Wildman–Crippen MR) is 85.0 cm³/mol. The van der Waals surface area contributed by atoms with Crippen LogP contribution in [0.1, 0.15) is 36.4 Å². The molecule has 6 heteroatoms. The summed E-state index contributed by atoms with van der Waals surface area (Å²) in [6.07, 6.45) is 0.707. The van der Waals surface area contributed by atoms with Gasteiger partial charge in [0.2, 0.25) is 10.0 Å². The molecule has 118 valence electrons. The van der Waals surface area contributed by atoms with Gasteiger partial charge in [-0.3, -0.25) is 5.10 Å². The molecule has 0 fully saturated rings. The monoisotopic (exact) mass is 319 g/mol. The molecule has 3 rings (SSSR count). The summed E-state index contributed by atoms with van der Waals surface area (Å²) in [4.78, 5) is 0.306. The summed E-state index contributed by atoms with van der Waals surface area (Å²) in [5.41, 5.74) is 2.94. The minimum atomic E-state index is -3.59. The lowest BCUT2D eigenvalue weighted by Gasteiger charge is -2.42. The van der Waals surface area contributed by atoms with Gasteiger partial charge < -0.3 is 0 Å². The van der Waals surface area contributed by atoms with Crippen LogP contribution in [0.3, 0.4) is 0 Å². The van der Waals surface area contributed by atoms with Gasteiger partial charge in [-0.05, 0) is 45.2 Å². The Balaban J connectivity index is 2.12. The van der Waals surface area contributed by atoms with Crippen molar-refractivity contribution < 1.29 is 8.42 Å². The summed E-state index contributed by atoms with van der Waals surface area (Å²) in [6.45, 7) is 7.82. The standard InChI is InChI=1S/C16H21N3O2S/c1-11-15(12(2)18-17-11)22(20,21)19-10-14-8-6-5-7-13(14)9-16(19,3)4/h5-8H,9-10H2,1-4H3,(H,17,18). The van der Waals surface area contributed by atoms with Crippen LogP contribution in [0.2, 0.25) is 0 Å². The van der Waals surface area contributed by atoms with E-state index in [-0.39, 0.29) is 0 Å². The van der Waals surface area contributed by atoms with E-state index in [1.807, 2.05) is 32.0 Å². The van der Waals surface area contributed by atoms with Gasteiger partial charge in [0.25, 0.3) is 0 Å². The molecule has 1 aliphatic heterocycles. The van der Waals surface area contributed by atoms with Crippen LogP contribution in [0.25, 0.3) is 0 Å². The van der Waals surface area contributed by atoms with Crippen LogP contribution in [-0.4, -0.2) is 28.5 Å². The van der Waals surface area contributed by atoms with Crippen molar-refractivity contribution in [1.82, 2.24) is 14.5 Å². The summed E-state index contributed by atoms with van der Waals surface area (Å²) in [7, 11) is -3.59. The van der Waals surface area contributed by atoms with Gasteiger partial charge in [0.05, 0.1) is 11.4 Å². The van der Waals surface area contributed by atoms with E-state index >= 15 is 0 Å². The van der Waals surface area contributed by atoms with Gasteiger partial charge >= 0.3 is 0 Å². The van der Waals surface area contributed by atoms with Crippen molar-refractivity contribution in [3.05, 3.63) is 46.8 Å². The van der Waals surface area contributed by atoms with Gasteiger partial charge in [-0.2, -0.15) is 9.40 Å². The van der Waals surface area contributed by atoms with E-state index in [9.17, 15) is 8.42 Å². The van der Waals surface area contributed by atoms with Crippen LogP contribution in [0.4, 0.5) is 0 Å².